The molecule has 8 nitrogen and oxygen atoms in total. The van der Waals surface area contributed by atoms with Crippen molar-refractivity contribution in [1.82, 2.24) is 29.1 Å². The molecule has 2 unspecified atom stereocenters. The number of nitrogens with zero attached hydrogens (tertiary/aromatic N) is 4. The lowest BCUT2D eigenvalue weighted by molar-refractivity contribution is 0.600. The van der Waals surface area contributed by atoms with Crippen LogP contribution in [0.3, 0.4) is 0 Å². The Morgan fingerprint density at radius 1 is 1.19 bits per heavy atom. The van der Waals surface area contributed by atoms with Crippen LogP contribution in [0, 0.1) is 6.92 Å². The highest BCUT2D eigenvalue weighted by Crippen LogP contribution is 2.40. The first-order chi connectivity index (χ1) is 15.3. The van der Waals surface area contributed by atoms with Crippen LogP contribution in [0.4, 0.5) is 0 Å². The smallest absolute Gasteiger partial charge is 0.328 e. The van der Waals surface area contributed by atoms with Gasteiger partial charge in [-0.1, -0.05) is 23.7 Å². The number of nitrogens with one attached hydrogen (secondary N) is 2. The quantitative estimate of drug-likeness (QED) is 0.442. The fraction of sp³-hybridized carbons (Fsp3) is 0.217. The maximum absolute atomic E-state index is 12.9. The van der Waals surface area contributed by atoms with Crippen LogP contribution in [0.1, 0.15) is 58.5 Å². The van der Waals surface area contributed by atoms with Crippen molar-refractivity contribution in [3.63, 3.8) is 0 Å². The van der Waals surface area contributed by atoms with Crippen molar-refractivity contribution in [3.8, 4) is 0 Å². The monoisotopic (exact) mass is 448 g/mol. The van der Waals surface area contributed by atoms with Crippen LogP contribution >= 0.6 is 11.6 Å². The maximum atomic E-state index is 12.9. The molecule has 0 saturated heterocycles. The van der Waals surface area contributed by atoms with Crippen LogP contribution < -0.4 is 11.2 Å². The van der Waals surface area contributed by atoms with Crippen molar-refractivity contribution >= 4 is 23.8 Å². The van der Waals surface area contributed by atoms with Gasteiger partial charge in [-0.3, -0.25) is 9.78 Å². The van der Waals surface area contributed by atoms with E-state index >= 15 is 0 Å². The van der Waals surface area contributed by atoms with Gasteiger partial charge < -0.3 is 14.1 Å². The third-order valence-corrected chi connectivity index (χ3v) is 6.25. The van der Waals surface area contributed by atoms with Gasteiger partial charge >= 0.3 is 5.69 Å². The second kappa shape index (κ2) is 7.49. The Labute approximate surface area is 188 Å². The highest BCUT2D eigenvalue weighted by Gasteiger charge is 2.32. The van der Waals surface area contributed by atoms with Crippen molar-refractivity contribution in [3.05, 3.63) is 102 Å². The third kappa shape index (κ3) is 3.15. The van der Waals surface area contributed by atoms with Gasteiger partial charge in [-0.2, -0.15) is 0 Å². The second-order valence-electron chi connectivity index (χ2n) is 7.98. The fourth-order valence-electron chi connectivity index (χ4n) is 4.46. The Hall–Kier alpha value is -3.65. The van der Waals surface area contributed by atoms with E-state index in [4.69, 9.17) is 16.6 Å². The first-order valence-corrected chi connectivity index (χ1v) is 10.6. The van der Waals surface area contributed by atoms with Crippen LogP contribution in [-0.2, 0) is 7.05 Å². The maximum Gasteiger partial charge on any atom is 0.328 e. The summed E-state index contributed by atoms with van der Waals surface area (Å²) in [5.41, 5.74) is 3.92. The summed E-state index contributed by atoms with van der Waals surface area (Å²) in [6, 6.07) is 5.54. The summed E-state index contributed by atoms with van der Waals surface area (Å²) in [5.74, 6) is 0.335. The van der Waals surface area contributed by atoms with Crippen LogP contribution in [0.15, 0.2) is 46.5 Å². The molecule has 162 valence electrons. The van der Waals surface area contributed by atoms with Crippen LogP contribution in [0.5, 0.6) is 0 Å². The topological polar surface area (TPSA) is 101 Å². The molecule has 0 fully saturated rings. The Morgan fingerprint density at radius 2 is 2.00 bits per heavy atom. The van der Waals surface area contributed by atoms with Crippen LogP contribution in [0.25, 0.3) is 12.2 Å². The number of hydrogen-bond donors (Lipinski definition) is 2. The molecule has 1 aliphatic carbocycles. The highest BCUT2D eigenvalue weighted by atomic mass is 35.5. The zero-order valence-electron chi connectivity index (χ0n) is 17.8. The molecule has 3 aromatic heterocycles. The molecular weight excluding hydrogens is 428 g/mol. The van der Waals surface area contributed by atoms with Gasteiger partial charge in [0.1, 0.15) is 5.82 Å². The van der Waals surface area contributed by atoms with Gasteiger partial charge in [-0.25, -0.2) is 14.8 Å². The van der Waals surface area contributed by atoms with Gasteiger partial charge in [0.05, 0.1) is 41.6 Å². The molecule has 2 atom stereocenters. The number of aromatic nitrogens is 6. The molecular formula is C23H21ClN6O2. The van der Waals surface area contributed by atoms with E-state index in [1.165, 1.54) is 4.57 Å². The zero-order valence-corrected chi connectivity index (χ0v) is 18.5. The average Bonchev–Trinajstić information content (AvgIpc) is 3.36. The summed E-state index contributed by atoms with van der Waals surface area (Å²) >= 11 is 6.28. The van der Waals surface area contributed by atoms with Crippen molar-refractivity contribution in [1.29, 1.82) is 0 Å². The number of imidazole rings is 2. The predicted octanol–water partition coefficient (Wildman–Crippen LogP) is 3.23. The molecule has 1 aliphatic rings. The molecule has 4 aromatic rings. The summed E-state index contributed by atoms with van der Waals surface area (Å²) in [7, 11) is 1.62. The van der Waals surface area contributed by atoms with E-state index in [-0.39, 0.29) is 6.04 Å². The molecule has 0 spiro atoms. The standard InChI is InChI=1S/C23H21ClN6O2/c1-12(18-9-25-11-26-18)30-13(2)27-21-19(30)7-4-14-8-15(24)5-6-16(14)20(21)17-10-29(3)23(32)28-22(17)31/h4-12,20H,1-3H3,(H,25,26)(H,28,31,32). The molecule has 0 radical (unpaired) electrons. The first kappa shape index (κ1) is 20.3. The van der Waals surface area contributed by atoms with Crippen molar-refractivity contribution in [2.75, 3.05) is 0 Å². The van der Waals surface area contributed by atoms with Crippen LogP contribution in [0.2, 0.25) is 5.02 Å². The summed E-state index contributed by atoms with van der Waals surface area (Å²) in [6.07, 6.45) is 9.03. The average molecular weight is 449 g/mol. The lowest BCUT2D eigenvalue weighted by Crippen LogP contribution is -2.32. The fourth-order valence-corrected chi connectivity index (χ4v) is 4.64. The van der Waals surface area contributed by atoms with E-state index < -0.39 is 17.2 Å². The number of hydrogen-bond acceptors (Lipinski definition) is 4. The van der Waals surface area contributed by atoms with Crippen molar-refractivity contribution < 1.29 is 0 Å². The lowest BCUT2D eigenvalue weighted by Gasteiger charge is -2.19. The molecule has 5 rings (SSSR count). The summed E-state index contributed by atoms with van der Waals surface area (Å²) < 4.78 is 3.50. The Kier molecular flexibility index (Phi) is 4.74. The molecule has 1 aromatic carbocycles. The SMILES string of the molecule is Cc1nc2c(n1C(C)c1cnc[nH]1)C=Cc1cc(Cl)ccc1C2c1cn(C)c(=O)[nH]c1=O. The van der Waals surface area contributed by atoms with Crippen molar-refractivity contribution in [2.24, 2.45) is 7.05 Å². The Bertz CT molecular complexity index is 1480. The predicted molar refractivity (Wildman–Crippen MR) is 123 cm³/mol. The molecule has 3 heterocycles. The van der Waals surface area contributed by atoms with Crippen LogP contribution in [-0.4, -0.2) is 29.1 Å². The largest absolute Gasteiger partial charge is 0.347 e. The van der Waals surface area contributed by atoms with E-state index in [1.54, 1.807) is 31.8 Å². The number of fused-ring (bicyclic) bond motifs is 2. The van der Waals surface area contributed by atoms with Gasteiger partial charge in [0.25, 0.3) is 5.56 Å². The number of aromatic amines is 2. The minimum atomic E-state index is -0.475. The minimum Gasteiger partial charge on any atom is -0.347 e. The number of rotatable bonds is 3. The number of H-pyrrole nitrogens is 2. The summed E-state index contributed by atoms with van der Waals surface area (Å²) in [4.78, 5) is 39.6. The number of aryl methyl sites for hydroxylation is 2. The molecule has 0 aliphatic heterocycles. The van der Waals surface area contributed by atoms with Crippen molar-refractivity contribution in [2.45, 2.75) is 25.8 Å². The lowest BCUT2D eigenvalue weighted by atomic mass is 9.87. The molecule has 0 saturated carbocycles. The zero-order chi connectivity index (χ0) is 22.6. The summed E-state index contributed by atoms with van der Waals surface area (Å²) in [6.45, 7) is 4.01. The number of benzene rings is 1. The van der Waals surface area contributed by atoms with Gasteiger partial charge in [0.2, 0.25) is 0 Å². The molecule has 0 amide bonds. The van der Waals surface area contributed by atoms with E-state index in [0.29, 0.717) is 10.6 Å². The molecule has 32 heavy (non-hydrogen) atoms. The summed E-state index contributed by atoms with van der Waals surface area (Å²) in [5, 5.41) is 0.603. The Morgan fingerprint density at radius 3 is 2.75 bits per heavy atom. The van der Waals surface area contributed by atoms with Gasteiger partial charge in [-0.15, -0.1) is 0 Å². The highest BCUT2D eigenvalue weighted by molar-refractivity contribution is 6.30. The van der Waals surface area contributed by atoms with Gasteiger partial charge in [-0.05, 0) is 43.2 Å². The third-order valence-electron chi connectivity index (χ3n) is 6.01. The minimum absolute atomic E-state index is 0.0535. The normalized spacial score (nSPS) is 15.8. The van der Waals surface area contributed by atoms with Gasteiger partial charge in [0, 0.05) is 23.8 Å². The second-order valence-corrected chi connectivity index (χ2v) is 8.41. The molecule has 9 heteroatoms. The van der Waals surface area contributed by atoms with E-state index in [2.05, 4.69) is 26.4 Å². The van der Waals surface area contributed by atoms with E-state index in [1.807, 2.05) is 31.2 Å². The Balaban J connectivity index is 1.81. The number of halogens is 1. The molecule has 2 N–H and O–H groups in total. The van der Waals surface area contributed by atoms with Gasteiger partial charge in [0.15, 0.2) is 0 Å². The molecule has 0 bridgehead atoms. The van der Waals surface area contributed by atoms with E-state index in [9.17, 15) is 9.59 Å². The first-order valence-electron chi connectivity index (χ1n) is 10.2. The van der Waals surface area contributed by atoms with E-state index in [0.717, 1.165) is 34.0 Å².